The van der Waals surface area contributed by atoms with Crippen LogP contribution in [0.15, 0.2) is 42.5 Å². The first-order chi connectivity index (χ1) is 12.5. The summed E-state index contributed by atoms with van der Waals surface area (Å²) in [6.07, 6.45) is 0. The third-order valence-corrected chi connectivity index (χ3v) is 5.21. The Hall–Kier alpha value is -2.40. The fraction of sp³-hybridized carbons (Fsp3) is 0.100. The third-order valence-electron chi connectivity index (χ3n) is 4.66. The van der Waals surface area contributed by atoms with E-state index in [1.54, 1.807) is 13.2 Å². The number of fused-ring (bicyclic) bond motifs is 3. The lowest BCUT2D eigenvalue weighted by molar-refractivity contribution is 0.415. The van der Waals surface area contributed by atoms with Gasteiger partial charge in [0.15, 0.2) is 0 Å². The van der Waals surface area contributed by atoms with E-state index in [-0.39, 0.29) is 6.54 Å². The Bertz CT molecular complexity index is 1100. The third kappa shape index (κ3) is 2.58. The number of rotatable bonds is 3. The van der Waals surface area contributed by atoms with E-state index in [9.17, 15) is 0 Å². The van der Waals surface area contributed by atoms with Gasteiger partial charge in [-0.3, -0.25) is 0 Å². The Labute approximate surface area is 161 Å². The molecular formula is C20H17Cl2N3O. The zero-order chi connectivity index (χ0) is 18.4. The summed E-state index contributed by atoms with van der Waals surface area (Å²) in [5.74, 6) is 1.33. The van der Waals surface area contributed by atoms with E-state index in [4.69, 9.17) is 39.4 Å². The van der Waals surface area contributed by atoms with Crippen LogP contribution in [0.2, 0.25) is 10.0 Å². The smallest absolute Gasteiger partial charge is 0.119 e. The van der Waals surface area contributed by atoms with Gasteiger partial charge in [0, 0.05) is 44.2 Å². The molecule has 1 aliphatic heterocycles. The predicted octanol–water partition coefficient (Wildman–Crippen LogP) is 5.30. The summed E-state index contributed by atoms with van der Waals surface area (Å²) < 4.78 is 5.34. The molecule has 0 fully saturated rings. The zero-order valence-electron chi connectivity index (χ0n) is 14.1. The molecule has 0 amide bonds. The number of anilines is 1. The Morgan fingerprint density at radius 1 is 1.04 bits per heavy atom. The van der Waals surface area contributed by atoms with Gasteiger partial charge in [0.25, 0.3) is 0 Å². The average Bonchev–Trinajstić information content (AvgIpc) is 2.98. The molecule has 26 heavy (non-hydrogen) atoms. The molecule has 6 heteroatoms. The van der Waals surface area contributed by atoms with Crippen molar-refractivity contribution in [3.63, 3.8) is 0 Å². The van der Waals surface area contributed by atoms with E-state index in [1.807, 2.05) is 30.3 Å². The minimum Gasteiger partial charge on any atom is -0.497 e. The van der Waals surface area contributed by atoms with E-state index in [1.165, 1.54) is 0 Å². The fourth-order valence-electron chi connectivity index (χ4n) is 3.44. The maximum absolute atomic E-state index is 6.50. The number of hydrogen-bond acceptors (Lipinski definition) is 3. The van der Waals surface area contributed by atoms with E-state index in [0.29, 0.717) is 15.9 Å². The minimum absolute atomic E-state index is 0.289. The van der Waals surface area contributed by atoms with Gasteiger partial charge in [0.1, 0.15) is 11.6 Å². The Morgan fingerprint density at radius 3 is 2.54 bits per heavy atom. The molecule has 4 rings (SSSR count). The maximum atomic E-state index is 6.50. The van der Waals surface area contributed by atoms with Crippen LogP contribution >= 0.6 is 23.2 Å². The van der Waals surface area contributed by atoms with Gasteiger partial charge >= 0.3 is 0 Å². The molecule has 0 spiro atoms. The molecule has 1 aliphatic carbocycles. The second-order valence-corrected chi connectivity index (χ2v) is 6.95. The van der Waals surface area contributed by atoms with Gasteiger partial charge in [-0.1, -0.05) is 29.3 Å². The van der Waals surface area contributed by atoms with Crippen molar-refractivity contribution in [3.8, 4) is 28.1 Å². The lowest BCUT2D eigenvalue weighted by Crippen LogP contribution is -2.08. The van der Waals surface area contributed by atoms with Crippen molar-refractivity contribution in [2.45, 2.75) is 6.54 Å². The van der Waals surface area contributed by atoms with Crippen LogP contribution in [0.25, 0.3) is 33.2 Å². The summed E-state index contributed by atoms with van der Waals surface area (Å²) in [6.45, 7) is 0.289. The monoisotopic (exact) mass is 385 g/mol. The van der Waals surface area contributed by atoms with E-state index in [0.717, 1.165) is 44.5 Å². The number of nitrogens with two attached hydrogens (primary N) is 2. The number of ether oxygens (including phenoxy) is 1. The van der Waals surface area contributed by atoms with Crippen molar-refractivity contribution >= 4 is 39.8 Å². The van der Waals surface area contributed by atoms with E-state index >= 15 is 0 Å². The maximum Gasteiger partial charge on any atom is 0.119 e. The summed E-state index contributed by atoms with van der Waals surface area (Å²) in [5.41, 5.74) is 16.9. The van der Waals surface area contributed by atoms with E-state index < -0.39 is 0 Å². The molecule has 0 bridgehead atoms. The van der Waals surface area contributed by atoms with Crippen molar-refractivity contribution in [2.75, 3.05) is 12.8 Å². The number of hydrogen-bond donors (Lipinski definition) is 3. The van der Waals surface area contributed by atoms with Crippen LogP contribution in [-0.2, 0) is 6.54 Å². The molecule has 2 aromatic rings. The van der Waals surface area contributed by atoms with Gasteiger partial charge < -0.3 is 21.2 Å². The zero-order valence-corrected chi connectivity index (χ0v) is 15.6. The molecule has 4 nitrogen and oxygen atoms in total. The molecule has 2 aliphatic rings. The number of halogens is 2. The fourth-order valence-corrected chi connectivity index (χ4v) is 3.94. The number of nitrogens with one attached hydrogen (secondary N) is 1. The number of nitrogen functional groups attached to an aromatic ring is 1. The molecule has 0 atom stereocenters. The van der Waals surface area contributed by atoms with Gasteiger partial charge in [0.05, 0.1) is 12.8 Å². The van der Waals surface area contributed by atoms with Crippen molar-refractivity contribution in [1.82, 2.24) is 4.98 Å². The Morgan fingerprint density at radius 2 is 1.85 bits per heavy atom. The number of pyridine rings is 1. The predicted molar refractivity (Wildman–Crippen MR) is 109 cm³/mol. The van der Waals surface area contributed by atoms with Crippen LogP contribution in [-0.4, -0.2) is 12.1 Å². The molecular weight excluding hydrogens is 369 g/mol. The number of methoxy groups -OCH3 is 1. The van der Waals surface area contributed by atoms with E-state index in [2.05, 4.69) is 11.1 Å². The number of H-pyrrole nitrogens is 1. The molecule has 5 N–H and O–H groups in total. The number of benzene rings is 2. The molecule has 0 saturated heterocycles. The highest BCUT2D eigenvalue weighted by Gasteiger charge is 2.22. The lowest BCUT2D eigenvalue weighted by Gasteiger charge is -2.18. The summed E-state index contributed by atoms with van der Waals surface area (Å²) >= 11 is 12.6. The highest BCUT2D eigenvalue weighted by atomic mass is 35.5. The number of aromatic nitrogens is 1. The standard InChI is InChI=1S/C20H17Cl2N3O/c1-26-12-3-5-13-10(6-12)7-15-18(14-4-2-11(21)8-17(14)22)16(9-23)20(24)25-19(13)15/h2-8,25H,9,23-24H2,1H3. The largest absolute Gasteiger partial charge is 0.497 e. The minimum atomic E-state index is 0.289. The van der Waals surface area contributed by atoms with Crippen molar-refractivity contribution in [1.29, 1.82) is 0 Å². The first-order valence-electron chi connectivity index (χ1n) is 8.09. The van der Waals surface area contributed by atoms with Crippen molar-refractivity contribution < 1.29 is 4.74 Å². The molecule has 0 unspecified atom stereocenters. The molecule has 0 saturated carbocycles. The van der Waals surface area contributed by atoms with Crippen LogP contribution in [0.5, 0.6) is 5.75 Å². The molecule has 0 aromatic heterocycles. The summed E-state index contributed by atoms with van der Waals surface area (Å²) in [5, 5.41) is 3.25. The van der Waals surface area contributed by atoms with Crippen molar-refractivity contribution in [3.05, 3.63) is 58.1 Å². The highest BCUT2D eigenvalue weighted by molar-refractivity contribution is 6.36. The second kappa shape index (κ2) is 6.40. The second-order valence-electron chi connectivity index (χ2n) is 6.11. The summed E-state index contributed by atoms with van der Waals surface area (Å²) in [6, 6.07) is 13.5. The summed E-state index contributed by atoms with van der Waals surface area (Å²) in [4.78, 5) is 3.30. The van der Waals surface area contributed by atoms with Gasteiger partial charge in [-0.2, -0.15) is 0 Å². The normalized spacial score (nSPS) is 11.4. The molecule has 132 valence electrons. The number of aromatic amines is 1. The summed E-state index contributed by atoms with van der Waals surface area (Å²) in [7, 11) is 1.65. The highest BCUT2D eigenvalue weighted by Crippen LogP contribution is 2.45. The Balaban J connectivity index is 2.11. The van der Waals surface area contributed by atoms with Crippen molar-refractivity contribution in [2.24, 2.45) is 5.73 Å². The average molecular weight is 386 g/mol. The van der Waals surface area contributed by atoms with Gasteiger partial charge in [0.2, 0.25) is 0 Å². The van der Waals surface area contributed by atoms with Crippen LogP contribution in [0.3, 0.4) is 0 Å². The SMILES string of the molecule is COc1ccc2c3[nH]c(N)c(CN)c(-c4ccc(Cl)cc4Cl)c-3cc2c1. The molecule has 1 heterocycles. The van der Waals surface area contributed by atoms with Gasteiger partial charge in [-0.05, 0) is 41.8 Å². The topological polar surface area (TPSA) is 77.1 Å². The van der Waals surface area contributed by atoms with Crippen LogP contribution in [0, 0.1) is 0 Å². The van der Waals surface area contributed by atoms with Gasteiger partial charge in [-0.15, -0.1) is 0 Å². The Kier molecular flexibility index (Phi) is 4.19. The van der Waals surface area contributed by atoms with Crippen LogP contribution in [0.4, 0.5) is 5.82 Å². The van der Waals surface area contributed by atoms with Crippen LogP contribution in [0.1, 0.15) is 5.56 Å². The first kappa shape index (κ1) is 17.0. The first-order valence-corrected chi connectivity index (χ1v) is 8.85. The molecule has 0 radical (unpaired) electrons. The van der Waals surface area contributed by atoms with Gasteiger partial charge in [-0.25, -0.2) is 0 Å². The quantitative estimate of drug-likeness (QED) is 0.447. The van der Waals surface area contributed by atoms with Crippen LogP contribution < -0.4 is 16.2 Å². The lowest BCUT2D eigenvalue weighted by atomic mass is 9.94. The molecule has 2 aromatic carbocycles.